The van der Waals surface area contributed by atoms with Gasteiger partial charge in [-0.15, -0.1) is 11.3 Å². The van der Waals surface area contributed by atoms with Gasteiger partial charge in [-0.2, -0.15) is 0 Å². The van der Waals surface area contributed by atoms with Gasteiger partial charge in [0.25, 0.3) is 5.91 Å². The normalized spacial score (nSPS) is 19.4. The third-order valence-corrected chi connectivity index (χ3v) is 8.05. The van der Waals surface area contributed by atoms with Crippen molar-refractivity contribution >= 4 is 50.3 Å². The highest BCUT2D eigenvalue weighted by molar-refractivity contribution is 7.91. The molecule has 0 radical (unpaired) electrons. The van der Waals surface area contributed by atoms with Crippen LogP contribution in [0.2, 0.25) is 10.0 Å². The van der Waals surface area contributed by atoms with Crippen LogP contribution in [0.4, 0.5) is 0 Å². The molecule has 0 bridgehead atoms. The summed E-state index contributed by atoms with van der Waals surface area (Å²) in [5.41, 5.74) is 1.08. The minimum Gasteiger partial charge on any atom is -0.479 e. The number of amides is 1. The highest BCUT2D eigenvalue weighted by Crippen LogP contribution is 2.30. The van der Waals surface area contributed by atoms with Crippen LogP contribution in [-0.4, -0.2) is 42.9 Å². The molecule has 1 aliphatic rings. The average Bonchev–Trinajstić information content (AvgIpc) is 3.19. The summed E-state index contributed by atoms with van der Waals surface area (Å²) in [4.78, 5) is 15.9. The summed E-state index contributed by atoms with van der Waals surface area (Å²) in [6.45, 7) is 3.99. The first kappa shape index (κ1) is 21.4. The Bertz CT molecular complexity index is 974. The average molecular weight is 462 g/mol. The lowest BCUT2D eigenvalue weighted by atomic mass is 10.1. The van der Waals surface area contributed by atoms with Gasteiger partial charge < -0.3 is 9.64 Å². The molecule has 0 saturated carbocycles. The van der Waals surface area contributed by atoms with Crippen LogP contribution in [0.15, 0.2) is 29.6 Å². The number of nitrogens with zero attached hydrogens (tertiary/aromatic N) is 1. The number of aryl methyl sites for hydroxylation is 1. The van der Waals surface area contributed by atoms with E-state index in [2.05, 4.69) is 0 Å². The molecule has 1 saturated heterocycles. The zero-order valence-electron chi connectivity index (χ0n) is 15.5. The van der Waals surface area contributed by atoms with Gasteiger partial charge in [0.1, 0.15) is 5.75 Å². The number of halogens is 2. The molecular formula is C19H21Cl2NO4S2. The summed E-state index contributed by atoms with van der Waals surface area (Å²) >= 11 is 13.6. The number of hydrogen-bond acceptors (Lipinski definition) is 5. The molecule has 3 rings (SSSR count). The first-order valence-corrected chi connectivity index (χ1v) is 12.3. The minimum atomic E-state index is -3.13. The lowest BCUT2D eigenvalue weighted by Crippen LogP contribution is -2.46. The molecule has 2 heterocycles. The highest BCUT2D eigenvalue weighted by atomic mass is 35.5. The number of thiophene rings is 1. The standard InChI is InChI=1S/C19H21Cl2NO4S2/c1-12-5-7-27-18(12)10-22(15-6-8-28(24,25)11-15)19(23)13(2)26-17-4-3-14(20)9-16(17)21/h3-5,7,9,13,15H,6,8,10-11H2,1-2H3/t13-,15-/m0/s1. The second kappa shape index (κ2) is 8.61. The molecule has 2 aromatic rings. The van der Waals surface area contributed by atoms with E-state index < -0.39 is 15.9 Å². The van der Waals surface area contributed by atoms with Gasteiger partial charge in [0.15, 0.2) is 15.9 Å². The molecule has 0 aliphatic carbocycles. The quantitative estimate of drug-likeness (QED) is 0.641. The number of hydrogen-bond donors (Lipinski definition) is 0. The van der Waals surface area contributed by atoms with E-state index in [1.807, 2.05) is 18.4 Å². The zero-order valence-corrected chi connectivity index (χ0v) is 18.7. The van der Waals surface area contributed by atoms with Crippen molar-refractivity contribution in [1.29, 1.82) is 0 Å². The molecule has 1 aromatic heterocycles. The van der Waals surface area contributed by atoms with E-state index in [0.717, 1.165) is 10.4 Å². The van der Waals surface area contributed by atoms with Crippen LogP contribution >= 0.6 is 34.5 Å². The molecule has 0 N–H and O–H groups in total. The molecule has 2 atom stereocenters. The summed E-state index contributed by atoms with van der Waals surface area (Å²) in [5.74, 6) is 0.180. The maximum absolute atomic E-state index is 13.2. The first-order chi connectivity index (χ1) is 13.2. The minimum absolute atomic E-state index is 0.0163. The van der Waals surface area contributed by atoms with Gasteiger partial charge in [-0.05, 0) is 55.5 Å². The zero-order chi connectivity index (χ0) is 20.5. The van der Waals surface area contributed by atoms with Crippen molar-refractivity contribution in [1.82, 2.24) is 4.90 Å². The Morgan fingerprint density at radius 2 is 2.11 bits per heavy atom. The van der Waals surface area contributed by atoms with Crippen molar-refractivity contribution in [2.75, 3.05) is 11.5 Å². The van der Waals surface area contributed by atoms with E-state index in [9.17, 15) is 13.2 Å². The predicted octanol–water partition coefficient (Wildman–Crippen LogP) is 4.35. The highest BCUT2D eigenvalue weighted by Gasteiger charge is 2.37. The number of carbonyl (C=O) groups is 1. The first-order valence-electron chi connectivity index (χ1n) is 8.82. The van der Waals surface area contributed by atoms with Crippen molar-refractivity contribution in [2.24, 2.45) is 0 Å². The fourth-order valence-electron chi connectivity index (χ4n) is 3.17. The number of benzene rings is 1. The molecule has 0 spiro atoms. The molecule has 9 heteroatoms. The van der Waals surface area contributed by atoms with Crippen LogP contribution in [0, 0.1) is 6.92 Å². The lowest BCUT2D eigenvalue weighted by Gasteiger charge is -2.31. The Labute approximate surface area is 179 Å². The summed E-state index contributed by atoms with van der Waals surface area (Å²) in [5, 5.41) is 2.75. The molecule has 1 fully saturated rings. The van der Waals surface area contributed by atoms with Crippen LogP contribution in [0.1, 0.15) is 23.8 Å². The van der Waals surface area contributed by atoms with Gasteiger partial charge in [-0.3, -0.25) is 4.79 Å². The summed E-state index contributed by atoms with van der Waals surface area (Å²) in [7, 11) is -3.13. The number of carbonyl (C=O) groups excluding carboxylic acids is 1. The maximum Gasteiger partial charge on any atom is 0.263 e. The van der Waals surface area contributed by atoms with Gasteiger partial charge >= 0.3 is 0 Å². The van der Waals surface area contributed by atoms with Gasteiger partial charge in [-0.25, -0.2) is 8.42 Å². The Morgan fingerprint density at radius 3 is 2.68 bits per heavy atom. The predicted molar refractivity (Wildman–Crippen MR) is 113 cm³/mol. The second-order valence-electron chi connectivity index (χ2n) is 6.88. The molecule has 1 aromatic carbocycles. The smallest absolute Gasteiger partial charge is 0.263 e. The number of sulfone groups is 1. The van der Waals surface area contributed by atoms with Crippen LogP contribution in [-0.2, 0) is 21.2 Å². The topological polar surface area (TPSA) is 63.7 Å². The maximum atomic E-state index is 13.2. The van der Waals surface area contributed by atoms with Crippen LogP contribution in [0.3, 0.4) is 0 Å². The summed E-state index contributed by atoms with van der Waals surface area (Å²) in [6.07, 6.45) is -0.380. The van der Waals surface area contributed by atoms with Crippen molar-refractivity contribution in [3.8, 4) is 5.75 Å². The second-order valence-corrected chi connectivity index (χ2v) is 11.0. The molecule has 152 valence electrons. The third-order valence-electron chi connectivity index (χ3n) is 4.76. The summed E-state index contributed by atoms with van der Waals surface area (Å²) in [6, 6.07) is 6.43. The van der Waals surface area contributed by atoms with Gasteiger partial charge in [-0.1, -0.05) is 23.2 Å². The molecule has 0 unspecified atom stereocenters. The number of rotatable bonds is 6. The van der Waals surface area contributed by atoms with Crippen LogP contribution < -0.4 is 4.74 Å². The molecule has 1 aliphatic heterocycles. The van der Waals surface area contributed by atoms with Crippen molar-refractivity contribution in [2.45, 2.75) is 39.0 Å². The SMILES string of the molecule is Cc1ccsc1CN(C(=O)[C@H](C)Oc1ccc(Cl)cc1Cl)[C@H]1CCS(=O)(=O)C1. The fourth-order valence-corrected chi connectivity index (χ4v) is 6.26. The van der Waals surface area contributed by atoms with Gasteiger partial charge in [0, 0.05) is 15.9 Å². The van der Waals surface area contributed by atoms with E-state index in [1.54, 1.807) is 41.4 Å². The Morgan fingerprint density at radius 1 is 1.36 bits per heavy atom. The Hall–Kier alpha value is -1.28. The van der Waals surface area contributed by atoms with E-state index in [-0.39, 0.29) is 23.5 Å². The van der Waals surface area contributed by atoms with Gasteiger partial charge in [0.2, 0.25) is 0 Å². The van der Waals surface area contributed by atoms with Gasteiger partial charge in [0.05, 0.1) is 23.1 Å². The molecule has 1 amide bonds. The monoisotopic (exact) mass is 461 g/mol. The third kappa shape index (κ3) is 5.00. The lowest BCUT2D eigenvalue weighted by molar-refractivity contribution is -0.140. The number of ether oxygens (including phenoxy) is 1. The van der Waals surface area contributed by atoms with E-state index in [0.29, 0.717) is 28.8 Å². The van der Waals surface area contributed by atoms with Crippen LogP contribution in [0.25, 0.3) is 0 Å². The van der Waals surface area contributed by atoms with Crippen LogP contribution in [0.5, 0.6) is 5.75 Å². The van der Waals surface area contributed by atoms with E-state index in [4.69, 9.17) is 27.9 Å². The largest absolute Gasteiger partial charge is 0.479 e. The van der Waals surface area contributed by atoms with E-state index in [1.165, 1.54) is 0 Å². The van der Waals surface area contributed by atoms with Crippen molar-refractivity contribution in [3.63, 3.8) is 0 Å². The molecular weight excluding hydrogens is 441 g/mol. The summed E-state index contributed by atoms with van der Waals surface area (Å²) < 4.78 is 29.7. The van der Waals surface area contributed by atoms with E-state index >= 15 is 0 Å². The van der Waals surface area contributed by atoms with Crippen molar-refractivity contribution in [3.05, 3.63) is 50.1 Å². The fraction of sp³-hybridized carbons (Fsp3) is 0.421. The molecule has 28 heavy (non-hydrogen) atoms. The Kier molecular flexibility index (Phi) is 6.59. The Balaban J connectivity index is 1.81. The molecule has 5 nitrogen and oxygen atoms in total. The van der Waals surface area contributed by atoms with Crippen molar-refractivity contribution < 1.29 is 17.9 Å².